The Morgan fingerprint density at radius 3 is 2.46 bits per heavy atom. The zero-order chi connectivity index (χ0) is 26.5. The summed E-state index contributed by atoms with van der Waals surface area (Å²) < 4.78 is 8.98. The molecule has 1 aliphatic heterocycles. The van der Waals surface area contributed by atoms with Gasteiger partial charge >= 0.3 is 6.09 Å². The van der Waals surface area contributed by atoms with Crippen LogP contribution in [0.15, 0.2) is 30.5 Å². The Balaban J connectivity index is 1.37. The van der Waals surface area contributed by atoms with Crippen LogP contribution < -0.4 is 10.2 Å². The number of carbonyl (C=O) groups is 2. The number of piperazine rings is 1. The van der Waals surface area contributed by atoms with Crippen molar-refractivity contribution in [2.24, 2.45) is 7.05 Å². The van der Waals surface area contributed by atoms with Crippen molar-refractivity contribution in [3.8, 4) is 0 Å². The largest absolute Gasteiger partial charge is 0.444 e. The second-order valence-corrected chi connectivity index (χ2v) is 10.4. The molecule has 0 unspecified atom stereocenters. The Hall–Kier alpha value is -4.15. The third-order valence-corrected chi connectivity index (χ3v) is 6.25. The monoisotopic (exact) mass is 504 g/mol. The minimum Gasteiger partial charge on any atom is -0.444 e. The summed E-state index contributed by atoms with van der Waals surface area (Å²) in [4.78, 5) is 34.3. The second-order valence-electron chi connectivity index (χ2n) is 10.4. The molecule has 11 heteroatoms. The molecule has 0 radical (unpaired) electrons. The van der Waals surface area contributed by atoms with Gasteiger partial charge in [0.1, 0.15) is 16.9 Å². The van der Waals surface area contributed by atoms with Crippen molar-refractivity contribution < 1.29 is 14.3 Å². The van der Waals surface area contributed by atoms with Gasteiger partial charge in [-0.05, 0) is 46.8 Å². The average Bonchev–Trinajstić information content (AvgIpc) is 3.39. The molecule has 1 fully saturated rings. The summed E-state index contributed by atoms with van der Waals surface area (Å²) in [5.41, 5.74) is 3.95. The number of benzene rings is 1. The normalized spacial score (nSPS) is 14.4. The van der Waals surface area contributed by atoms with E-state index in [0.29, 0.717) is 48.7 Å². The number of carbonyl (C=O) groups excluding carboxylic acids is 2. The van der Waals surface area contributed by atoms with E-state index in [4.69, 9.17) is 4.74 Å². The van der Waals surface area contributed by atoms with Crippen LogP contribution in [-0.4, -0.2) is 73.1 Å². The highest BCUT2D eigenvalue weighted by atomic mass is 16.6. The molecule has 1 aliphatic rings. The highest BCUT2D eigenvalue weighted by molar-refractivity contribution is 6.13. The lowest BCUT2D eigenvalue weighted by Gasteiger charge is -2.37. The van der Waals surface area contributed by atoms with E-state index in [1.54, 1.807) is 26.2 Å². The van der Waals surface area contributed by atoms with E-state index in [0.717, 1.165) is 22.5 Å². The van der Waals surface area contributed by atoms with E-state index >= 15 is 0 Å². The van der Waals surface area contributed by atoms with Crippen LogP contribution >= 0.6 is 0 Å². The van der Waals surface area contributed by atoms with Crippen LogP contribution in [0.3, 0.4) is 0 Å². The van der Waals surface area contributed by atoms with Gasteiger partial charge < -0.3 is 19.9 Å². The number of rotatable bonds is 3. The number of aryl methyl sites for hydroxylation is 3. The first kappa shape index (κ1) is 24.5. The van der Waals surface area contributed by atoms with Crippen molar-refractivity contribution in [1.82, 2.24) is 29.3 Å². The van der Waals surface area contributed by atoms with Gasteiger partial charge in [0.15, 0.2) is 5.65 Å². The molecule has 1 N–H and O–H groups in total. The maximum Gasteiger partial charge on any atom is 0.410 e. The molecule has 0 spiro atoms. The number of nitrogens with zero attached hydrogens (tertiary/aromatic N) is 7. The Morgan fingerprint density at radius 1 is 1.03 bits per heavy atom. The third-order valence-electron chi connectivity index (χ3n) is 6.25. The van der Waals surface area contributed by atoms with E-state index in [-0.39, 0.29) is 12.0 Å². The molecule has 4 aromatic rings. The summed E-state index contributed by atoms with van der Waals surface area (Å²) in [5, 5.41) is 12.8. The fourth-order valence-electron chi connectivity index (χ4n) is 4.61. The van der Waals surface area contributed by atoms with E-state index in [2.05, 4.69) is 25.4 Å². The molecule has 1 saturated heterocycles. The fraction of sp³-hybridized carbons (Fsp3) is 0.423. The lowest BCUT2D eigenvalue weighted by molar-refractivity contribution is 0.0240. The van der Waals surface area contributed by atoms with Gasteiger partial charge in [-0.1, -0.05) is 0 Å². The summed E-state index contributed by atoms with van der Waals surface area (Å²) in [7, 11) is 1.84. The predicted molar refractivity (Wildman–Crippen MR) is 141 cm³/mol. The van der Waals surface area contributed by atoms with Crippen LogP contribution in [0.25, 0.3) is 16.6 Å². The number of anilines is 2. The van der Waals surface area contributed by atoms with E-state index in [9.17, 15) is 9.59 Å². The number of ether oxygens (including phenoxy) is 1. The molecular weight excluding hydrogens is 472 g/mol. The Bertz CT molecular complexity index is 1510. The zero-order valence-electron chi connectivity index (χ0n) is 22.1. The lowest BCUT2D eigenvalue weighted by Crippen LogP contribution is -2.50. The smallest absolute Gasteiger partial charge is 0.410 e. The van der Waals surface area contributed by atoms with Gasteiger partial charge in [-0.25, -0.2) is 14.3 Å². The molecule has 37 heavy (non-hydrogen) atoms. The van der Waals surface area contributed by atoms with E-state index < -0.39 is 5.60 Å². The van der Waals surface area contributed by atoms with Crippen molar-refractivity contribution in [3.05, 3.63) is 47.4 Å². The predicted octanol–water partition coefficient (Wildman–Crippen LogP) is 3.54. The first-order chi connectivity index (χ1) is 17.5. The molecule has 11 nitrogen and oxygen atoms in total. The quantitative estimate of drug-likeness (QED) is 0.454. The molecular formula is C26H32N8O3. The van der Waals surface area contributed by atoms with Crippen LogP contribution in [0.2, 0.25) is 0 Å². The summed E-state index contributed by atoms with van der Waals surface area (Å²) in [6, 6.07) is 7.42. The van der Waals surface area contributed by atoms with E-state index in [1.807, 2.05) is 60.0 Å². The first-order valence-corrected chi connectivity index (χ1v) is 12.3. The summed E-state index contributed by atoms with van der Waals surface area (Å²) in [5.74, 6) is 0.179. The van der Waals surface area contributed by atoms with Crippen LogP contribution in [0.1, 0.15) is 42.5 Å². The topological polar surface area (TPSA) is 110 Å². The number of hydrogen-bond donors (Lipinski definition) is 1. The molecule has 0 bridgehead atoms. The number of amides is 2. The molecule has 0 saturated carbocycles. The van der Waals surface area contributed by atoms with Crippen molar-refractivity contribution in [1.29, 1.82) is 0 Å². The highest BCUT2D eigenvalue weighted by Crippen LogP contribution is 2.30. The first-order valence-electron chi connectivity index (χ1n) is 12.3. The van der Waals surface area contributed by atoms with Crippen molar-refractivity contribution in [2.45, 2.75) is 40.2 Å². The molecule has 4 heterocycles. The van der Waals surface area contributed by atoms with Crippen LogP contribution in [0.4, 0.5) is 16.3 Å². The molecule has 2 amide bonds. The number of nitrogens with one attached hydrogen (secondary N) is 1. The Kier molecular flexibility index (Phi) is 6.01. The van der Waals surface area contributed by atoms with Gasteiger partial charge in [-0.15, -0.1) is 0 Å². The molecule has 194 valence electrons. The summed E-state index contributed by atoms with van der Waals surface area (Å²) in [6.45, 7) is 11.9. The molecule has 0 aliphatic carbocycles. The minimum absolute atomic E-state index is 0.280. The van der Waals surface area contributed by atoms with Crippen LogP contribution in [-0.2, 0) is 11.8 Å². The van der Waals surface area contributed by atoms with Gasteiger partial charge in [0, 0.05) is 68.3 Å². The molecule has 0 atom stereocenters. The second kappa shape index (κ2) is 9.06. The highest BCUT2D eigenvalue weighted by Gasteiger charge is 2.27. The maximum absolute atomic E-state index is 13.3. The summed E-state index contributed by atoms with van der Waals surface area (Å²) in [6.07, 6.45) is 1.63. The lowest BCUT2D eigenvalue weighted by atomic mass is 10.1. The number of fused-ring (bicyclic) bond motifs is 2. The summed E-state index contributed by atoms with van der Waals surface area (Å²) >= 11 is 0. The number of aromatic nitrogens is 5. The fourth-order valence-corrected chi connectivity index (χ4v) is 4.61. The zero-order valence-corrected chi connectivity index (χ0v) is 22.1. The average molecular weight is 505 g/mol. The van der Waals surface area contributed by atoms with Crippen molar-refractivity contribution in [3.63, 3.8) is 0 Å². The Labute approximate surface area is 215 Å². The van der Waals surface area contributed by atoms with Crippen molar-refractivity contribution >= 4 is 40.1 Å². The van der Waals surface area contributed by atoms with Gasteiger partial charge in [-0.3, -0.25) is 9.48 Å². The van der Waals surface area contributed by atoms with E-state index in [1.165, 1.54) is 0 Å². The third kappa shape index (κ3) is 4.93. The maximum atomic E-state index is 13.3. The van der Waals surface area contributed by atoms with Crippen LogP contribution in [0, 0.1) is 13.8 Å². The standard InChI is InChI=1S/C26H32N8O3/c1-16-13-22-27-21(14-17(2)34(22)29-16)28-24(35)18-7-8-20(19-15-31(6)30-23(18)19)32-9-11-33(12-10-32)25(36)37-26(3,4)5/h7-8,13-15H,9-12H2,1-6H3,(H,27,28,35). The Morgan fingerprint density at radius 2 is 1.76 bits per heavy atom. The SMILES string of the molecule is Cc1cc2nc(NC(=O)c3ccc(N4CCN(C(=O)OC(C)(C)C)CC4)c4cn(C)nc34)cc(C)n2n1. The van der Waals surface area contributed by atoms with Gasteiger partial charge in [0.25, 0.3) is 5.91 Å². The van der Waals surface area contributed by atoms with Crippen LogP contribution in [0.5, 0.6) is 0 Å². The number of hydrogen-bond acceptors (Lipinski definition) is 7. The minimum atomic E-state index is -0.523. The molecule has 5 rings (SSSR count). The molecule has 1 aromatic carbocycles. The van der Waals surface area contributed by atoms with Gasteiger partial charge in [-0.2, -0.15) is 10.2 Å². The van der Waals surface area contributed by atoms with Gasteiger partial charge in [0.2, 0.25) is 0 Å². The molecule has 3 aromatic heterocycles. The van der Waals surface area contributed by atoms with Crippen molar-refractivity contribution in [2.75, 3.05) is 36.4 Å². The van der Waals surface area contributed by atoms with Gasteiger partial charge in [0.05, 0.1) is 11.3 Å².